The van der Waals surface area contributed by atoms with Crippen molar-refractivity contribution in [2.45, 2.75) is 31.7 Å². The number of primary amides is 1. The second kappa shape index (κ2) is 7.57. The molecular formula is C21H22F3N5O3. The van der Waals surface area contributed by atoms with E-state index in [1.165, 1.54) is 18.2 Å². The Morgan fingerprint density at radius 3 is 2.47 bits per heavy atom. The smallest absolute Gasteiger partial charge is 0.406 e. The van der Waals surface area contributed by atoms with E-state index in [2.05, 4.69) is 16.4 Å². The van der Waals surface area contributed by atoms with Gasteiger partial charge in [0, 0.05) is 18.7 Å². The molecule has 1 aromatic carbocycles. The highest BCUT2D eigenvalue weighted by Gasteiger charge is 2.50. The van der Waals surface area contributed by atoms with Crippen LogP contribution >= 0.6 is 0 Å². The Balaban J connectivity index is 1.56. The first-order valence-corrected chi connectivity index (χ1v) is 9.97. The summed E-state index contributed by atoms with van der Waals surface area (Å²) in [5.74, 6) is -1.16. The zero-order chi connectivity index (χ0) is 23.3. The standard InChI is InChI=1S/C21H22F3N5O3/c1-2-15(30)28-8-7-20(11-28)9-13(10-20)29-18(25)16(19(26)31)17(27-29)12-3-5-14(6-4-12)32-21(22,23)24/h2-6,13H,1,7-11,25H2,(H2,26,31). The summed E-state index contributed by atoms with van der Waals surface area (Å²) >= 11 is 0. The number of carbonyl (C=O) groups is 2. The number of benzene rings is 1. The SMILES string of the molecule is C=CC(=O)N1CCC2(CC(n3nc(-c4ccc(OC(F)(F)F)cc4)c(C(N)=O)c3N)C2)C1. The molecule has 170 valence electrons. The topological polar surface area (TPSA) is 116 Å². The molecule has 8 nitrogen and oxygen atoms in total. The molecule has 0 bridgehead atoms. The number of alkyl halides is 3. The largest absolute Gasteiger partial charge is 0.573 e. The van der Waals surface area contributed by atoms with Gasteiger partial charge < -0.3 is 21.1 Å². The zero-order valence-electron chi connectivity index (χ0n) is 17.1. The number of nitrogen functional groups attached to an aromatic ring is 1. The first-order chi connectivity index (χ1) is 15.0. The number of aromatic nitrogens is 2. The third-order valence-corrected chi connectivity index (χ3v) is 6.16. The molecule has 4 rings (SSSR count). The number of rotatable bonds is 5. The molecule has 11 heteroatoms. The molecule has 2 aliphatic rings. The Kier molecular flexibility index (Phi) is 5.14. The van der Waals surface area contributed by atoms with Gasteiger partial charge in [0.25, 0.3) is 5.91 Å². The van der Waals surface area contributed by atoms with Gasteiger partial charge >= 0.3 is 6.36 Å². The Morgan fingerprint density at radius 2 is 1.91 bits per heavy atom. The number of ether oxygens (including phenoxy) is 1. The average molecular weight is 449 g/mol. The minimum Gasteiger partial charge on any atom is -0.406 e. The predicted octanol–water partition coefficient (Wildman–Crippen LogP) is 2.87. The lowest BCUT2D eigenvalue weighted by Crippen LogP contribution is -2.42. The maximum atomic E-state index is 12.4. The molecular weight excluding hydrogens is 427 g/mol. The molecule has 1 saturated carbocycles. The van der Waals surface area contributed by atoms with Crippen LogP contribution < -0.4 is 16.2 Å². The van der Waals surface area contributed by atoms with Gasteiger partial charge in [-0.3, -0.25) is 9.59 Å². The summed E-state index contributed by atoms with van der Waals surface area (Å²) in [6, 6.07) is 4.90. The molecule has 2 amide bonds. The number of amides is 2. The summed E-state index contributed by atoms with van der Waals surface area (Å²) in [6.45, 7) is 4.82. The number of nitrogens with two attached hydrogens (primary N) is 2. The quantitative estimate of drug-likeness (QED) is 0.681. The molecule has 1 aliphatic carbocycles. The van der Waals surface area contributed by atoms with Crippen molar-refractivity contribution in [3.63, 3.8) is 0 Å². The van der Waals surface area contributed by atoms with Crippen molar-refractivity contribution in [1.29, 1.82) is 0 Å². The van der Waals surface area contributed by atoms with Crippen molar-refractivity contribution < 1.29 is 27.5 Å². The normalized spacial score (nSPS) is 22.6. The van der Waals surface area contributed by atoms with E-state index >= 15 is 0 Å². The van der Waals surface area contributed by atoms with Gasteiger partial charge in [0.15, 0.2) is 0 Å². The third kappa shape index (κ3) is 3.90. The number of likely N-dealkylation sites (tertiary alicyclic amines) is 1. The van der Waals surface area contributed by atoms with Crippen molar-refractivity contribution in [2.24, 2.45) is 11.1 Å². The molecule has 1 saturated heterocycles. The number of hydrogen-bond acceptors (Lipinski definition) is 5. The van der Waals surface area contributed by atoms with Crippen LogP contribution in [0.1, 0.15) is 35.7 Å². The number of nitrogens with zero attached hydrogens (tertiary/aromatic N) is 3. The van der Waals surface area contributed by atoms with Crippen LogP contribution in [0.4, 0.5) is 19.0 Å². The molecule has 2 heterocycles. The third-order valence-electron chi connectivity index (χ3n) is 6.16. The summed E-state index contributed by atoms with van der Waals surface area (Å²) in [5.41, 5.74) is 12.3. The van der Waals surface area contributed by atoms with Gasteiger partial charge in [-0.2, -0.15) is 5.10 Å². The summed E-state index contributed by atoms with van der Waals surface area (Å²) in [6.07, 6.45) is -1.18. The van der Waals surface area contributed by atoms with Crippen molar-refractivity contribution in [3.05, 3.63) is 42.5 Å². The molecule has 32 heavy (non-hydrogen) atoms. The minimum atomic E-state index is -4.81. The lowest BCUT2D eigenvalue weighted by molar-refractivity contribution is -0.274. The number of hydrogen-bond donors (Lipinski definition) is 2. The van der Waals surface area contributed by atoms with Crippen LogP contribution in [0.5, 0.6) is 5.75 Å². The fraction of sp³-hybridized carbons (Fsp3) is 0.381. The van der Waals surface area contributed by atoms with E-state index in [0.717, 1.165) is 31.4 Å². The average Bonchev–Trinajstić information content (AvgIpc) is 3.27. The van der Waals surface area contributed by atoms with Gasteiger partial charge in [0.05, 0.1) is 6.04 Å². The molecule has 1 spiro atoms. The van der Waals surface area contributed by atoms with E-state index in [-0.39, 0.29) is 34.4 Å². The first-order valence-electron chi connectivity index (χ1n) is 9.97. The second-order valence-corrected chi connectivity index (χ2v) is 8.27. The monoisotopic (exact) mass is 449 g/mol. The van der Waals surface area contributed by atoms with E-state index < -0.39 is 18.0 Å². The predicted molar refractivity (Wildman–Crippen MR) is 109 cm³/mol. The molecule has 0 unspecified atom stereocenters. The van der Waals surface area contributed by atoms with E-state index in [1.807, 2.05) is 0 Å². The van der Waals surface area contributed by atoms with Crippen molar-refractivity contribution in [1.82, 2.24) is 14.7 Å². The molecule has 4 N–H and O–H groups in total. The Hall–Kier alpha value is -3.50. The minimum absolute atomic E-state index is 0.0188. The summed E-state index contributed by atoms with van der Waals surface area (Å²) in [5, 5.41) is 4.48. The Bertz CT molecular complexity index is 1070. The highest BCUT2D eigenvalue weighted by Crippen LogP contribution is 2.54. The molecule has 2 aromatic rings. The van der Waals surface area contributed by atoms with Gasteiger partial charge in [0.2, 0.25) is 5.91 Å². The van der Waals surface area contributed by atoms with E-state index in [9.17, 15) is 22.8 Å². The maximum absolute atomic E-state index is 12.4. The van der Waals surface area contributed by atoms with Crippen molar-refractivity contribution in [2.75, 3.05) is 18.8 Å². The van der Waals surface area contributed by atoms with Crippen LogP contribution in [-0.4, -0.2) is 45.9 Å². The molecule has 0 atom stereocenters. The van der Waals surface area contributed by atoms with Gasteiger partial charge in [-0.05, 0) is 55.0 Å². The summed E-state index contributed by atoms with van der Waals surface area (Å²) in [4.78, 5) is 25.7. The highest BCUT2D eigenvalue weighted by atomic mass is 19.4. The van der Waals surface area contributed by atoms with Crippen molar-refractivity contribution in [3.8, 4) is 17.0 Å². The van der Waals surface area contributed by atoms with Crippen LogP contribution in [-0.2, 0) is 4.79 Å². The lowest BCUT2D eigenvalue weighted by atomic mass is 9.65. The molecule has 0 radical (unpaired) electrons. The maximum Gasteiger partial charge on any atom is 0.573 e. The Morgan fingerprint density at radius 1 is 1.25 bits per heavy atom. The van der Waals surface area contributed by atoms with Crippen LogP contribution in [0.15, 0.2) is 36.9 Å². The highest BCUT2D eigenvalue weighted by molar-refractivity contribution is 6.03. The summed E-state index contributed by atoms with van der Waals surface area (Å²) < 4.78 is 42.6. The molecule has 1 aromatic heterocycles. The second-order valence-electron chi connectivity index (χ2n) is 8.27. The van der Waals surface area contributed by atoms with Crippen LogP contribution in [0.25, 0.3) is 11.3 Å². The fourth-order valence-electron chi connectivity index (χ4n) is 4.68. The Labute approximate surface area is 181 Å². The van der Waals surface area contributed by atoms with E-state index in [4.69, 9.17) is 11.5 Å². The fourth-order valence-corrected chi connectivity index (χ4v) is 4.68. The number of carbonyl (C=O) groups excluding carboxylic acids is 2. The van der Waals surface area contributed by atoms with Gasteiger partial charge in [-0.1, -0.05) is 6.58 Å². The molecule has 2 fully saturated rings. The van der Waals surface area contributed by atoms with Gasteiger partial charge in [-0.25, -0.2) is 4.68 Å². The number of anilines is 1. The van der Waals surface area contributed by atoms with E-state index in [1.54, 1.807) is 9.58 Å². The van der Waals surface area contributed by atoms with Gasteiger partial charge in [-0.15, -0.1) is 13.2 Å². The molecule has 1 aliphatic heterocycles. The summed E-state index contributed by atoms with van der Waals surface area (Å²) in [7, 11) is 0. The van der Waals surface area contributed by atoms with Gasteiger partial charge in [0.1, 0.15) is 22.8 Å². The van der Waals surface area contributed by atoms with E-state index in [0.29, 0.717) is 18.7 Å². The van der Waals surface area contributed by atoms with Crippen molar-refractivity contribution >= 4 is 17.6 Å². The zero-order valence-corrected chi connectivity index (χ0v) is 17.1. The lowest BCUT2D eigenvalue weighted by Gasteiger charge is -2.45. The first kappa shape index (κ1) is 21.7. The number of halogens is 3. The van der Waals surface area contributed by atoms with Crippen LogP contribution in [0.2, 0.25) is 0 Å². The van der Waals surface area contributed by atoms with Crippen LogP contribution in [0, 0.1) is 5.41 Å². The van der Waals surface area contributed by atoms with Crippen LogP contribution in [0.3, 0.4) is 0 Å².